The minimum Gasteiger partial charge on any atom is -0.497 e. The Morgan fingerprint density at radius 3 is 2.37 bits per heavy atom. The van der Waals surface area contributed by atoms with Crippen molar-refractivity contribution in [2.45, 2.75) is 17.7 Å². The molecule has 1 unspecified atom stereocenters. The van der Waals surface area contributed by atoms with E-state index in [1.165, 1.54) is 23.5 Å². The van der Waals surface area contributed by atoms with Crippen LogP contribution in [0.2, 0.25) is 0 Å². The summed E-state index contributed by atoms with van der Waals surface area (Å²) in [6.45, 7) is 0.406. The van der Waals surface area contributed by atoms with E-state index in [2.05, 4.69) is 26.8 Å². The Morgan fingerprint density at radius 1 is 1.07 bits per heavy atom. The predicted molar refractivity (Wildman–Crippen MR) is 114 cm³/mol. The van der Waals surface area contributed by atoms with Crippen molar-refractivity contribution in [1.82, 2.24) is 15.2 Å². The zero-order valence-corrected chi connectivity index (χ0v) is 18.7. The molecule has 8 nitrogen and oxygen atoms in total. The number of hydrogen-bond donors (Lipinski definition) is 2. The van der Waals surface area contributed by atoms with Gasteiger partial charge in [0.15, 0.2) is 0 Å². The molecule has 0 aromatic heterocycles. The lowest BCUT2D eigenvalue weighted by Gasteiger charge is -2.31. The highest BCUT2D eigenvalue weighted by molar-refractivity contribution is 9.10. The topological polar surface area (TPSA) is 105 Å². The van der Waals surface area contributed by atoms with Crippen molar-refractivity contribution in [3.8, 4) is 5.75 Å². The summed E-state index contributed by atoms with van der Waals surface area (Å²) in [6, 6.07) is 12.8. The molecule has 1 aliphatic rings. The second-order valence-corrected chi connectivity index (χ2v) is 9.68. The molecule has 0 bridgehead atoms. The number of amides is 2. The minimum atomic E-state index is -3.69. The fourth-order valence-electron chi connectivity index (χ4n) is 3.17. The van der Waals surface area contributed by atoms with E-state index in [9.17, 15) is 18.0 Å². The highest BCUT2D eigenvalue weighted by Gasteiger charge is 2.33. The van der Waals surface area contributed by atoms with Crippen LogP contribution in [0.5, 0.6) is 5.75 Å². The molecule has 3 rings (SSSR count). The van der Waals surface area contributed by atoms with E-state index in [4.69, 9.17) is 4.74 Å². The van der Waals surface area contributed by atoms with E-state index in [1.807, 2.05) is 0 Å². The van der Waals surface area contributed by atoms with Gasteiger partial charge in [-0.2, -0.15) is 4.31 Å². The van der Waals surface area contributed by atoms with Crippen LogP contribution in [0.15, 0.2) is 57.9 Å². The third-order valence-corrected chi connectivity index (χ3v) is 7.27. The first-order chi connectivity index (χ1) is 14.3. The van der Waals surface area contributed by atoms with Crippen molar-refractivity contribution in [2.24, 2.45) is 5.92 Å². The second-order valence-electron chi connectivity index (χ2n) is 6.83. The molecular weight excluding hydrogens is 474 g/mol. The van der Waals surface area contributed by atoms with Crippen LogP contribution >= 0.6 is 15.9 Å². The standard InChI is InChI=1S/C20H22BrN3O5S/c1-29-17-8-4-14(5-9-17)19(25)22-23-20(26)15-3-2-12-24(13-15)30(27,28)18-10-6-16(21)7-11-18/h4-11,15H,2-3,12-13H2,1H3,(H,22,25)(H,23,26). The molecule has 1 saturated heterocycles. The zero-order chi connectivity index (χ0) is 21.7. The molecule has 30 heavy (non-hydrogen) atoms. The molecule has 160 valence electrons. The molecule has 0 radical (unpaired) electrons. The van der Waals surface area contributed by atoms with Gasteiger partial charge in [0.25, 0.3) is 5.91 Å². The summed E-state index contributed by atoms with van der Waals surface area (Å²) < 4.78 is 32.9. The third-order valence-electron chi connectivity index (χ3n) is 4.86. The molecule has 0 spiro atoms. The van der Waals surface area contributed by atoms with Crippen LogP contribution < -0.4 is 15.6 Å². The normalized spacial score (nSPS) is 17.2. The maximum Gasteiger partial charge on any atom is 0.269 e. The molecular formula is C20H22BrN3O5S. The van der Waals surface area contributed by atoms with Crippen LogP contribution in [0, 0.1) is 5.92 Å². The number of benzene rings is 2. The molecule has 1 heterocycles. The van der Waals surface area contributed by atoms with Gasteiger partial charge in [-0.15, -0.1) is 0 Å². The Hall–Kier alpha value is -2.43. The molecule has 0 aliphatic carbocycles. The van der Waals surface area contributed by atoms with Gasteiger partial charge in [0, 0.05) is 23.1 Å². The highest BCUT2D eigenvalue weighted by atomic mass is 79.9. The SMILES string of the molecule is COc1ccc(C(=O)NNC(=O)C2CCCN(S(=O)(=O)c3ccc(Br)cc3)C2)cc1. The van der Waals surface area contributed by atoms with Crippen molar-refractivity contribution >= 4 is 37.8 Å². The predicted octanol–water partition coefficient (Wildman–Crippen LogP) is 2.32. The summed E-state index contributed by atoms with van der Waals surface area (Å²) >= 11 is 3.29. The molecule has 2 aromatic rings. The van der Waals surface area contributed by atoms with Gasteiger partial charge in [-0.3, -0.25) is 20.4 Å². The lowest BCUT2D eigenvalue weighted by atomic mass is 9.99. The summed E-state index contributed by atoms with van der Waals surface area (Å²) in [4.78, 5) is 24.9. The molecule has 1 atom stereocenters. The Bertz CT molecular complexity index is 1010. The number of hydrazine groups is 1. The van der Waals surface area contributed by atoms with Crippen molar-refractivity contribution < 1.29 is 22.7 Å². The van der Waals surface area contributed by atoms with Crippen molar-refractivity contribution in [2.75, 3.05) is 20.2 Å². The number of hydrogen-bond acceptors (Lipinski definition) is 5. The number of carbonyl (C=O) groups is 2. The van der Waals surface area contributed by atoms with Crippen molar-refractivity contribution in [3.63, 3.8) is 0 Å². The first kappa shape index (κ1) is 22.3. The van der Waals surface area contributed by atoms with Gasteiger partial charge >= 0.3 is 0 Å². The number of piperidine rings is 1. The summed E-state index contributed by atoms with van der Waals surface area (Å²) in [7, 11) is -2.17. The molecule has 2 N–H and O–H groups in total. The van der Waals surface area contributed by atoms with Crippen LogP contribution in [0.25, 0.3) is 0 Å². The number of carbonyl (C=O) groups excluding carboxylic acids is 2. The van der Waals surface area contributed by atoms with Gasteiger partial charge in [-0.25, -0.2) is 8.42 Å². The minimum absolute atomic E-state index is 0.0582. The van der Waals surface area contributed by atoms with Crippen LogP contribution in [-0.4, -0.2) is 44.7 Å². The number of ether oxygens (including phenoxy) is 1. The van der Waals surface area contributed by atoms with E-state index in [1.54, 1.807) is 36.4 Å². The number of nitrogens with zero attached hydrogens (tertiary/aromatic N) is 1. The van der Waals surface area contributed by atoms with Crippen LogP contribution in [-0.2, 0) is 14.8 Å². The maximum atomic E-state index is 12.9. The highest BCUT2D eigenvalue weighted by Crippen LogP contribution is 2.25. The van der Waals surface area contributed by atoms with E-state index < -0.39 is 27.8 Å². The van der Waals surface area contributed by atoms with Gasteiger partial charge in [0.2, 0.25) is 15.9 Å². The fraction of sp³-hybridized carbons (Fsp3) is 0.300. The smallest absolute Gasteiger partial charge is 0.269 e. The Morgan fingerprint density at radius 2 is 1.73 bits per heavy atom. The fourth-order valence-corrected chi connectivity index (χ4v) is 4.95. The van der Waals surface area contributed by atoms with Crippen LogP contribution in [0.3, 0.4) is 0 Å². The number of nitrogens with one attached hydrogen (secondary N) is 2. The Balaban J connectivity index is 1.59. The van der Waals surface area contributed by atoms with Gasteiger partial charge < -0.3 is 4.74 Å². The number of sulfonamides is 1. The van der Waals surface area contributed by atoms with Gasteiger partial charge in [0.05, 0.1) is 17.9 Å². The van der Waals surface area contributed by atoms with Gasteiger partial charge in [-0.1, -0.05) is 15.9 Å². The molecule has 1 fully saturated rings. The molecule has 0 saturated carbocycles. The Kier molecular flexibility index (Phi) is 7.11. The zero-order valence-electron chi connectivity index (χ0n) is 16.3. The lowest BCUT2D eigenvalue weighted by molar-refractivity contribution is -0.126. The number of methoxy groups -OCH3 is 1. The third kappa shape index (κ3) is 5.18. The second kappa shape index (κ2) is 9.59. The van der Waals surface area contributed by atoms with E-state index in [0.717, 1.165) is 4.47 Å². The van der Waals surface area contributed by atoms with E-state index in [0.29, 0.717) is 30.7 Å². The number of halogens is 1. The number of rotatable bonds is 5. The van der Waals surface area contributed by atoms with Crippen molar-refractivity contribution in [3.05, 3.63) is 58.6 Å². The first-order valence-electron chi connectivity index (χ1n) is 9.31. The first-order valence-corrected chi connectivity index (χ1v) is 11.5. The van der Waals surface area contributed by atoms with E-state index >= 15 is 0 Å². The summed E-state index contributed by atoms with van der Waals surface area (Å²) in [6.07, 6.45) is 1.09. The largest absolute Gasteiger partial charge is 0.497 e. The van der Waals surface area contributed by atoms with Gasteiger partial charge in [-0.05, 0) is 61.4 Å². The average molecular weight is 496 g/mol. The van der Waals surface area contributed by atoms with Gasteiger partial charge in [0.1, 0.15) is 5.75 Å². The van der Waals surface area contributed by atoms with E-state index in [-0.39, 0.29) is 11.4 Å². The van der Waals surface area contributed by atoms with Crippen LogP contribution in [0.1, 0.15) is 23.2 Å². The molecule has 2 amide bonds. The van der Waals surface area contributed by atoms with Crippen molar-refractivity contribution in [1.29, 1.82) is 0 Å². The molecule has 10 heteroatoms. The summed E-state index contributed by atoms with van der Waals surface area (Å²) in [5.74, 6) is -0.835. The summed E-state index contributed by atoms with van der Waals surface area (Å²) in [5, 5.41) is 0. The molecule has 1 aliphatic heterocycles. The summed E-state index contributed by atoms with van der Waals surface area (Å²) in [5.41, 5.74) is 5.13. The quantitative estimate of drug-likeness (QED) is 0.619. The monoisotopic (exact) mass is 495 g/mol. The molecule has 2 aromatic carbocycles. The van der Waals surface area contributed by atoms with Crippen LogP contribution in [0.4, 0.5) is 0 Å². The Labute approximate surface area is 183 Å². The lowest BCUT2D eigenvalue weighted by Crippen LogP contribution is -2.50. The average Bonchev–Trinajstić information content (AvgIpc) is 2.77. The maximum absolute atomic E-state index is 12.9.